The number of nitrogens with one attached hydrogen (secondary N) is 1. The summed E-state index contributed by atoms with van der Waals surface area (Å²) in [7, 11) is 0. The molecule has 1 saturated heterocycles. The number of likely N-dealkylation sites (tertiary alicyclic amines) is 1. The second-order valence-electron chi connectivity index (χ2n) is 6.30. The Kier molecular flexibility index (Phi) is 4.19. The Morgan fingerprint density at radius 1 is 1.16 bits per heavy atom. The number of nitrogens with zero attached hydrogens (tertiary/aromatic N) is 1. The summed E-state index contributed by atoms with van der Waals surface area (Å²) in [4.78, 5) is 2.60. The van der Waals surface area contributed by atoms with Crippen molar-refractivity contribution in [1.82, 2.24) is 10.2 Å². The molecule has 0 spiro atoms. The van der Waals surface area contributed by atoms with Crippen LogP contribution >= 0.6 is 0 Å². The average molecular weight is 258 g/mol. The van der Waals surface area contributed by atoms with Gasteiger partial charge in [-0.25, -0.2) is 0 Å². The molecular formula is C17H26N2. The number of benzene rings is 1. The molecule has 1 aliphatic heterocycles. The average Bonchev–Trinajstić information content (AvgIpc) is 3.15. The van der Waals surface area contributed by atoms with Crippen molar-refractivity contribution in [3.8, 4) is 0 Å². The lowest BCUT2D eigenvalue weighted by Gasteiger charge is -2.27. The summed E-state index contributed by atoms with van der Waals surface area (Å²) in [5.74, 6) is 0.864. The maximum Gasteiger partial charge on any atom is 0.0351 e. The predicted molar refractivity (Wildman–Crippen MR) is 80.2 cm³/mol. The molecular weight excluding hydrogens is 232 g/mol. The highest BCUT2D eigenvalue weighted by Gasteiger charge is 2.33. The molecule has 0 aromatic heterocycles. The van der Waals surface area contributed by atoms with Crippen LogP contribution in [-0.4, -0.2) is 30.6 Å². The number of hydrogen-bond acceptors (Lipinski definition) is 2. The molecule has 104 valence electrons. The van der Waals surface area contributed by atoms with Crippen LogP contribution in [0.2, 0.25) is 0 Å². The normalized spacial score (nSPS) is 23.4. The molecule has 1 aliphatic carbocycles. The summed E-state index contributed by atoms with van der Waals surface area (Å²) >= 11 is 0. The van der Waals surface area contributed by atoms with Gasteiger partial charge in [0.05, 0.1) is 0 Å². The van der Waals surface area contributed by atoms with Crippen molar-refractivity contribution in [3.63, 3.8) is 0 Å². The highest BCUT2D eigenvalue weighted by molar-refractivity contribution is 5.21. The monoisotopic (exact) mass is 258 g/mol. The van der Waals surface area contributed by atoms with Crippen molar-refractivity contribution in [2.45, 2.75) is 44.7 Å². The van der Waals surface area contributed by atoms with E-state index in [1.807, 2.05) is 0 Å². The van der Waals surface area contributed by atoms with Crippen LogP contribution in [0.1, 0.15) is 44.2 Å². The zero-order chi connectivity index (χ0) is 13.1. The van der Waals surface area contributed by atoms with E-state index < -0.39 is 0 Å². The minimum absolute atomic E-state index is 0.568. The first-order valence-corrected chi connectivity index (χ1v) is 7.86. The van der Waals surface area contributed by atoms with Crippen molar-refractivity contribution in [1.29, 1.82) is 0 Å². The second kappa shape index (κ2) is 6.06. The molecule has 1 saturated carbocycles. The third-order valence-electron chi connectivity index (χ3n) is 4.45. The Balaban J connectivity index is 1.58. The minimum atomic E-state index is 0.568. The summed E-state index contributed by atoms with van der Waals surface area (Å²) in [6, 6.07) is 12.1. The Morgan fingerprint density at radius 2 is 1.84 bits per heavy atom. The van der Waals surface area contributed by atoms with E-state index in [1.54, 1.807) is 0 Å². The molecule has 2 heteroatoms. The van der Waals surface area contributed by atoms with E-state index in [1.165, 1.54) is 50.9 Å². The fourth-order valence-electron chi connectivity index (χ4n) is 3.31. The third-order valence-corrected chi connectivity index (χ3v) is 4.45. The first kappa shape index (κ1) is 13.1. The van der Waals surface area contributed by atoms with Gasteiger partial charge in [0.1, 0.15) is 0 Å². The first-order valence-electron chi connectivity index (χ1n) is 7.86. The molecule has 2 nitrogen and oxygen atoms in total. The Labute approximate surface area is 117 Å². The van der Waals surface area contributed by atoms with E-state index >= 15 is 0 Å². The van der Waals surface area contributed by atoms with E-state index in [0.717, 1.165) is 5.92 Å². The van der Waals surface area contributed by atoms with Crippen molar-refractivity contribution in [2.75, 3.05) is 19.6 Å². The van der Waals surface area contributed by atoms with Crippen LogP contribution in [0.3, 0.4) is 0 Å². The lowest BCUT2D eigenvalue weighted by atomic mass is 10.0. The SMILES string of the molecule is CC(CN1CCCC1)NC(c1ccccc1)C1CC1. The van der Waals surface area contributed by atoms with Crippen LogP contribution in [0.25, 0.3) is 0 Å². The summed E-state index contributed by atoms with van der Waals surface area (Å²) < 4.78 is 0. The van der Waals surface area contributed by atoms with E-state index in [4.69, 9.17) is 0 Å². The van der Waals surface area contributed by atoms with Gasteiger partial charge in [0, 0.05) is 18.6 Å². The van der Waals surface area contributed by atoms with Gasteiger partial charge in [0.15, 0.2) is 0 Å². The van der Waals surface area contributed by atoms with E-state index in [2.05, 4.69) is 47.5 Å². The van der Waals surface area contributed by atoms with Gasteiger partial charge in [-0.2, -0.15) is 0 Å². The standard InChI is InChI=1S/C17H26N2/c1-14(13-19-11-5-6-12-19)18-17(16-9-10-16)15-7-3-2-4-8-15/h2-4,7-8,14,16-18H,5-6,9-13H2,1H3. The predicted octanol–water partition coefficient (Wildman–Crippen LogP) is 3.21. The van der Waals surface area contributed by atoms with Crippen LogP contribution in [-0.2, 0) is 0 Å². The topological polar surface area (TPSA) is 15.3 Å². The molecule has 19 heavy (non-hydrogen) atoms. The quantitative estimate of drug-likeness (QED) is 0.843. The maximum atomic E-state index is 3.88. The van der Waals surface area contributed by atoms with E-state index in [-0.39, 0.29) is 0 Å². The molecule has 2 fully saturated rings. The van der Waals surface area contributed by atoms with Crippen molar-refractivity contribution >= 4 is 0 Å². The van der Waals surface area contributed by atoms with Crippen LogP contribution in [0, 0.1) is 5.92 Å². The van der Waals surface area contributed by atoms with Gasteiger partial charge in [0.2, 0.25) is 0 Å². The molecule has 3 rings (SSSR count). The van der Waals surface area contributed by atoms with Crippen molar-refractivity contribution in [3.05, 3.63) is 35.9 Å². The molecule has 0 bridgehead atoms. The lowest BCUT2D eigenvalue weighted by molar-refractivity contribution is 0.280. The van der Waals surface area contributed by atoms with Gasteiger partial charge in [-0.15, -0.1) is 0 Å². The summed E-state index contributed by atoms with van der Waals surface area (Å²) in [5.41, 5.74) is 1.47. The van der Waals surface area contributed by atoms with Gasteiger partial charge in [-0.05, 0) is 57.2 Å². The summed E-state index contributed by atoms with van der Waals surface area (Å²) in [6.07, 6.45) is 5.56. The van der Waals surface area contributed by atoms with Crippen molar-refractivity contribution in [2.24, 2.45) is 5.92 Å². The molecule has 1 aromatic rings. The molecule has 0 radical (unpaired) electrons. The van der Waals surface area contributed by atoms with Crippen LogP contribution in [0.15, 0.2) is 30.3 Å². The Morgan fingerprint density at radius 3 is 2.47 bits per heavy atom. The molecule has 2 aliphatic rings. The van der Waals surface area contributed by atoms with Crippen LogP contribution < -0.4 is 5.32 Å². The highest BCUT2D eigenvalue weighted by Crippen LogP contribution is 2.41. The first-order chi connectivity index (χ1) is 9.33. The van der Waals surface area contributed by atoms with E-state index in [9.17, 15) is 0 Å². The van der Waals surface area contributed by atoms with Crippen LogP contribution in [0.4, 0.5) is 0 Å². The fourth-order valence-corrected chi connectivity index (χ4v) is 3.31. The zero-order valence-electron chi connectivity index (χ0n) is 12.0. The zero-order valence-corrected chi connectivity index (χ0v) is 12.0. The van der Waals surface area contributed by atoms with Gasteiger partial charge >= 0.3 is 0 Å². The second-order valence-corrected chi connectivity index (χ2v) is 6.30. The highest BCUT2D eigenvalue weighted by atomic mass is 15.2. The third kappa shape index (κ3) is 3.58. The smallest absolute Gasteiger partial charge is 0.0351 e. The largest absolute Gasteiger partial charge is 0.306 e. The molecule has 1 heterocycles. The van der Waals surface area contributed by atoms with Crippen molar-refractivity contribution < 1.29 is 0 Å². The molecule has 2 unspecified atom stereocenters. The Bertz CT molecular complexity index is 380. The van der Waals surface area contributed by atoms with E-state index in [0.29, 0.717) is 12.1 Å². The minimum Gasteiger partial charge on any atom is -0.306 e. The fraction of sp³-hybridized carbons (Fsp3) is 0.647. The summed E-state index contributed by atoms with van der Waals surface area (Å²) in [5, 5.41) is 3.88. The number of hydrogen-bond donors (Lipinski definition) is 1. The summed E-state index contributed by atoms with van der Waals surface area (Å²) in [6.45, 7) is 6.14. The molecule has 1 N–H and O–H groups in total. The molecule has 2 atom stereocenters. The lowest BCUT2D eigenvalue weighted by Crippen LogP contribution is -2.40. The molecule has 0 amide bonds. The molecule has 1 aromatic carbocycles. The van der Waals surface area contributed by atoms with Gasteiger partial charge in [0.25, 0.3) is 0 Å². The Hall–Kier alpha value is -0.860. The van der Waals surface area contributed by atoms with Gasteiger partial charge < -0.3 is 10.2 Å². The number of rotatable bonds is 6. The maximum absolute atomic E-state index is 3.88. The van der Waals surface area contributed by atoms with Gasteiger partial charge in [-0.3, -0.25) is 0 Å². The van der Waals surface area contributed by atoms with Crippen LogP contribution in [0.5, 0.6) is 0 Å². The van der Waals surface area contributed by atoms with Gasteiger partial charge in [-0.1, -0.05) is 30.3 Å².